The van der Waals surface area contributed by atoms with Gasteiger partial charge in [-0.15, -0.1) is 0 Å². The van der Waals surface area contributed by atoms with Crippen molar-refractivity contribution in [1.82, 2.24) is 10.3 Å². The van der Waals surface area contributed by atoms with Crippen molar-refractivity contribution < 1.29 is 4.74 Å². The Labute approximate surface area is 116 Å². The lowest BCUT2D eigenvalue weighted by molar-refractivity contribution is 0.152. The van der Waals surface area contributed by atoms with Gasteiger partial charge in [0.1, 0.15) is 0 Å². The Morgan fingerprint density at radius 2 is 2.16 bits per heavy atom. The van der Waals surface area contributed by atoms with Gasteiger partial charge >= 0.3 is 0 Å². The second-order valence-corrected chi connectivity index (χ2v) is 6.06. The van der Waals surface area contributed by atoms with Crippen LogP contribution < -0.4 is 10.2 Å². The summed E-state index contributed by atoms with van der Waals surface area (Å²) in [5.74, 6) is 0. The van der Waals surface area contributed by atoms with Crippen molar-refractivity contribution in [2.45, 2.75) is 39.3 Å². The molecule has 106 valence electrons. The highest BCUT2D eigenvalue weighted by Crippen LogP contribution is 2.21. The van der Waals surface area contributed by atoms with Crippen molar-refractivity contribution in [3.63, 3.8) is 0 Å². The van der Waals surface area contributed by atoms with Crippen LogP contribution in [0.15, 0.2) is 18.5 Å². The van der Waals surface area contributed by atoms with E-state index in [1.807, 2.05) is 12.4 Å². The van der Waals surface area contributed by atoms with E-state index >= 15 is 0 Å². The molecule has 0 radical (unpaired) electrons. The predicted octanol–water partition coefficient (Wildman–Crippen LogP) is 2.20. The van der Waals surface area contributed by atoms with Crippen LogP contribution in [0.4, 0.5) is 5.69 Å². The number of anilines is 1. The van der Waals surface area contributed by atoms with E-state index in [9.17, 15) is 0 Å². The van der Waals surface area contributed by atoms with Crippen molar-refractivity contribution >= 4 is 5.69 Å². The maximum absolute atomic E-state index is 5.52. The Bertz CT molecular complexity index is 393. The lowest BCUT2D eigenvalue weighted by atomic mass is 10.1. The predicted molar refractivity (Wildman–Crippen MR) is 78.5 cm³/mol. The number of hydrogen-bond donors (Lipinski definition) is 1. The Morgan fingerprint density at radius 1 is 1.32 bits per heavy atom. The van der Waals surface area contributed by atoms with Gasteiger partial charge in [-0.3, -0.25) is 4.98 Å². The van der Waals surface area contributed by atoms with E-state index in [4.69, 9.17) is 4.74 Å². The third-order valence-corrected chi connectivity index (χ3v) is 3.26. The summed E-state index contributed by atoms with van der Waals surface area (Å²) >= 11 is 0. The summed E-state index contributed by atoms with van der Waals surface area (Å²) in [5.41, 5.74) is 2.68. The fourth-order valence-corrected chi connectivity index (χ4v) is 2.20. The highest BCUT2D eigenvalue weighted by Gasteiger charge is 2.15. The van der Waals surface area contributed by atoms with Crippen LogP contribution in [0.1, 0.15) is 32.8 Å². The normalized spacial score (nSPS) is 17.3. The lowest BCUT2D eigenvalue weighted by Crippen LogP contribution is -2.36. The van der Waals surface area contributed by atoms with E-state index in [0.29, 0.717) is 0 Å². The Hall–Kier alpha value is -1.13. The number of nitrogens with zero attached hydrogens (tertiary/aromatic N) is 2. The van der Waals surface area contributed by atoms with Gasteiger partial charge in [0.25, 0.3) is 0 Å². The lowest BCUT2D eigenvalue weighted by Gasteiger charge is -2.26. The summed E-state index contributed by atoms with van der Waals surface area (Å²) < 4.78 is 5.52. The fraction of sp³-hybridized carbons (Fsp3) is 0.667. The van der Waals surface area contributed by atoms with Crippen LogP contribution in [-0.2, 0) is 11.3 Å². The van der Waals surface area contributed by atoms with Crippen molar-refractivity contribution in [2.75, 3.05) is 31.2 Å². The molecule has 1 saturated heterocycles. The van der Waals surface area contributed by atoms with Crippen molar-refractivity contribution in [1.29, 1.82) is 0 Å². The number of ether oxygens (including phenoxy) is 1. The van der Waals surface area contributed by atoms with E-state index in [1.54, 1.807) is 0 Å². The second-order valence-electron chi connectivity index (χ2n) is 6.06. The first kappa shape index (κ1) is 14.3. The van der Waals surface area contributed by atoms with E-state index in [0.717, 1.165) is 39.3 Å². The molecule has 0 unspecified atom stereocenters. The first-order valence-corrected chi connectivity index (χ1v) is 7.07. The minimum atomic E-state index is 0.127. The van der Waals surface area contributed by atoms with Crippen LogP contribution in [-0.4, -0.2) is 36.8 Å². The average molecular weight is 263 g/mol. The first-order chi connectivity index (χ1) is 9.06. The van der Waals surface area contributed by atoms with Crippen molar-refractivity contribution in [3.8, 4) is 0 Å². The number of rotatable bonds is 3. The Balaban J connectivity index is 2.10. The van der Waals surface area contributed by atoms with Crippen LogP contribution in [0.25, 0.3) is 0 Å². The molecule has 4 nitrogen and oxygen atoms in total. The molecule has 1 aliphatic rings. The van der Waals surface area contributed by atoms with E-state index in [-0.39, 0.29) is 5.54 Å². The van der Waals surface area contributed by atoms with Gasteiger partial charge in [0.05, 0.1) is 18.5 Å². The third-order valence-electron chi connectivity index (χ3n) is 3.26. The quantitative estimate of drug-likeness (QED) is 0.907. The van der Waals surface area contributed by atoms with E-state index in [1.165, 1.54) is 11.3 Å². The molecule has 0 bridgehead atoms. The molecule has 1 fully saturated rings. The Kier molecular flexibility index (Phi) is 4.77. The molecule has 2 rings (SSSR count). The van der Waals surface area contributed by atoms with Crippen LogP contribution in [0.2, 0.25) is 0 Å². The van der Waals surface area contributed by atoms with Gasteiger partial charge < -0.3 is 15.0 Å². The summed E-state index contributed by atoms with van der Waals surface area (Å²) in [6, 6.07) is 2.11. The molecule has 0 spiro atoms. The van der Waals surface area contributed by atoms with Gasteiger partial charge in [0.15, 0.2) is 0 Å². The summed E-state index contributed by atoms with van der Waals surface area (Å²) in [6.07, 6.45) is 4.93. The van der Waals surface area contributed by atoms with Gasteiger partial charge in [0, 0.05) is 38.0 Å². The molecule has 19 heavy (non-hydrogen) atoms. The minimum Gasteiger partial charge on any atom is -0.380 e. The van der Waals surface area contributed by atoms with E-state index in [2.05, 4.69) is 42.0 Å². The maximum Gasteiger partial charge on any atom is 0.0641 e. The third kappa shape index (κ3) is 4.48. The second kappa shape index (κ2) is 6.35. The fourth-order valence-electron chi connectivity index (χ4n) is 2.20. The highest BCUT2D eigenvalue weighted by atomic mass is 16.5. The zero-order valence-electron chi connectivity index (χ0n) is 12.3. The van der Waals surface area contributed by atoms with Gasteiger partial charge in [0.2, 0.25) is 0 Å². The SMILES string of the molecule is CC(C)(C)NCc1ccncc1N1CCCOCC1. The standard InChI is InChI=1S/C15H25N3O/c1-15(2,3)17-11-13-5-6-16-12-14(13)18-7-4-9-19-10-8-18/h5-6,12,17H,4,7-11H2,1-3H3. The van der Waals surface area contributed by atoms with Crippen LogP contribution in [0, 0.1) is 0 Å². The molecule has 0 aliphatic carbocycles. The zero-order chi connectivity index (χ0) is 13.7. The molecular weight excluding hydrogens is 238 g/mol. The van der Waals surface area contributed by atoms with Gasteiger partial charge in [-0.1, -0.05) is 0 Å². The molecule has 0 saturated carbocycles. The zero-order valence-corrected chi connectivity index (χ0v) is 12.3. The van der Waals surface area contributed by atoms with Gasteiger partial charge in [-0.05, 0) is 38.8 Å². The maximum atomic E-state index is 5.52. The highest BCUT2D eigenvalue weighted by molar-refractivity contribution is 5.51. The summed E-state index contributed by atoms with van der Waals surface area (Å²) in [7, 11) is 0. The Morgan fingerprint density at radius 3 is 2.95 bits per heavy atom. The number of pyridine rings is 1. The van der Waals surface area contributed by atoms with E-state index < -0.39 is 0 Å². The van der Waals surface area contributed by atoms with Crippen molar-refractivity contribution in [2.24, 2.45) is 0 Å². The number of aromatic nitrogens is 1. The molecule has 1 aromatic rings. The smallest absolute Gasteiger partial charge is 0.0641 e. The molecule has 2 heterocycles. The van der Waals surface area contributed by atoms with Crippen LogP contribution in [0.3, 0.4) is 0 Å². The van der Waals surface area contributed by atoms with Crippen LogP contribution in [0.5, 0.6) is 0 Å². The summed E-state index contributed by atoms with van der Waals surface area (Å²) in [6.45, 7) is 11.1. The van der Waals surface area contributed by atoms with Gasteiger partial charge in [-0.2, -0.15) is 0 Å². The largest absolute Gasteiger partial charge is 0.380 e. The summed E-state index contributed by atoms with van der Waals surface area (Å²) in [5, 5.41) is 3.55. The number of hydrogen-bond acceptors (Lipinski definition) is 4. The molecule has 1 aromatic heterocycles. The monoisotopic (exact) mass is 263 g/mol. The average Bonchev–Trinajstić information content (AvgIpc) is 2.64. The number of nitrogens with one attached hydrogen (secondary N) is 1. The summed E-state index contributed by atoms with van der Waals surface area (Å²) in [4.78, 5) is 6.67. The minimum absolute atomic E-state index is 0.127. The molecule has 0 amide bonds. The first-order valence-electron chi connectivity index (χ1n) is 7.07. The molecule has 1 N–H and O–H groups in total. The van der Waals surface area contributed by atoms with Crippen LogP contribution >= 0.6 is 0 Å². The molecule has 0 atom stereocenters. The molecular formula is C15H25N3O. The van der Waals surface area contributed by atoms with Crippen molar-refractivity contribution in [3.05, 3.63) is 24.0 Å². The van der Waals surface area contributed by atoms with Gasteiger partial charge in [-0.25, -0.2) is 0 Å². The molecule has 1 aliphatic heterocycles. The topological polar surface area (TPSA) is 37.4 Å². The molecule has 0 aromatic carbocycles. The molecule has 4 heteroatoms.